The Labute approximate surface area is 161 Å². The summed E-state index contributed by atoms with van der Waals surface area (Å²) in [6, 6.07) is 10.5. The largest absolute Gasteiger partial charge is 0.335 e. The van der Waals surface area contributed by atoms with Crippen molar-refractivity contribution in [2.24, 2.45) is 0 Å². The highest BCUT2D eigenvalue weighted by Crippen LogP contribution is 2.29. The summed E-state index contributed by atoms with van der Waals surface area (Å²) in [6.07, 6.45) is 1.42. The quantitative estimate of drug-likeness (QED) is 0.556. The van der Waals surface area contributed by atoms with Gasteiger partial charge in [-0.1, -0.05) is 51.3 Å². The molecule has 0 aliphatic carbocycles. The van der Waals surface area contributed by atoms with Gasteiger partial charge in [-0.2, -0.15) is 0 Å². The predicted molar refractivity (Wildman–Crippen MR) is 99.6 cm³/mol. The summed E-state index contributed by atoms with van der Waals surface area (Å²) in [7, 11) is 0. The van der Waals surface area contributed by atoms with Crippen LogP contribution in [0.4, 0.5) is 10.5 Å². The first-order valence-electron chi connectivity index (χ1n) is 6.99. The minimum Gasteiger partial charge on any atom is -0.273 e. The lowest BCUT2D eigenvalue weighted by atomic mass is 10.1. The highest BCUT2D eigenvalue weighted by molar-refractivity contribution is 9.10. The summed E-state index contributed by atoms with van der Waals surface area (Å²) in [5.74, 6) is -1.50. The molecule has 1 aliphatic rings. The van der Waals surface area contributed by atoms with Crippen LogP contribution in [0.15, 0.2) is 52.5 Å². The van der Waals surface area contributed by atoms with E-state index in [0.717, 1.165) is 9.37 Å². The molecule has 1 heterocycles. The molecule has 0 saturated carbocycles. The van der Waals surface area contributed by atoms with Crippen molar-refractivity contribution in [2.75, 3.05) is 4.90 Å². The first-order chi connectivity index (χ1) is 11.9. The molecule has 1 aliphatic heterocycles. The van der Waals surface area contributed by atoms with E-state index in [9.17, 15) is 14.4 Å². The van der Waals surface area contributed by atoms with Gasteiger partial charge in [-0.05, 0) is 42.0 Å². The average molecular weight is 440 g/mol. The monoisotopic (exact) mass is 438 g/mol. The number of imide groups is 2. The number of carbonyl (C=O) groups excluding carboxylic acids is 3. The van der Waals surface area contributed by atoms with Gasteiger partial charge in [-0.3, -0.25) is 14.9 Å². The van der Waals surface area contributed by atoms with Gasteiger partial charge in [0, 0.05) is 4.47 Å². The number of amides is 4. The molecule has 0 radical (unpaired) electrons. The van der Waals surface area contributed by atoms with Crippen molar-refractivity contribution in [1.29, 1.82) is 0 Å². The zero-order valence-electron chi connectivity index (χ0n) is 12.4. The Balaban J connectivity index is 2.03. The predicted octanol–water partition coefficient (Wildman–Crippen LogP) is 4.42. The maximum atomic E-state index is 12.7. The van der Waals surface area contributed by atoms with Crippen LogP contribution in [0.25, 0.3) is 6.08 Å². The van der Waals surface area contributed by atoms with E-state index in [4.69, 9.17) is 23.2 Å². The third-order valence-corrected chi connectivity index (χ3v) is 4.66. The van der Waals surface area contributed by atoms with E-state index < -0.39 is 17.8 Å². The molecule has 0 aromatic heterocycles. The highest BCUT2D eigenvalue weighted by Gasteiger charge is 2.36. The van der Waals surface area contributed by atoms with Crippen LogP contribution in [0, 0.1) is 0 Å². The smallest absolute Gasteiger partial charge is 0.273 e. The molecule has 4 amide bonds. The molecule has 25 heavy (non-hydrogen) atoms. The molecule has 0 bridgehead atoms. The molecule has 126 valence electrons. The van der Waals surface area contributed by atoms with E-state index >= 15 is 0 Å². The molecule has 1 N–H and O–H groups in total. The van der Waals surface area contributed by atoms with Gasteiger partial charge in [0.05, 0.1) is 15.7 Å². The lowest BCUT2D eigenvalue weighted by Gasteiger charge is -2.26. The third-order valence-electron chi connectivity index (χ3n) is 3.42. The summed E-state index contributed by atoms with van der Waals surface area (Å²) in [4.78, 5) is 37.8. The molecule has 1 fully saturated rings. The van der Waals surface area contributed by atoms with Crippen molar-refractivity contribution in [3.63, 3.8) is 0 Å². The van der Waals surface area contributed by atoms with Crippen LogP contribution in [-0.2, 0) is 9.59 Å². The number of urea groups is 1. The number of carbonyl (C=O) groups is 3. The Morgan fingerprint density at radius 2 is 1.76 bits per heavy atom. The molecule has 5 nitrogen and oxygen atoms in total. The molecule has 1 saturated heterocycles. The minimum absolute atomic E-state index is 0.163. The summed E-state index contributed by atoms with van der Waals surface area (Å²) in [6.45, 7) is 0. The number of hydrogen-bond donors (Lipinski definition) is 1. The van der Waals surface area contributed by atoms with Crippen LogP contribution in [-0.4, -0.2) is 17.8 Å². The molecule has 0 unspecified atom stereocenters. The Morgan fingerprint density at radius 3 is 2.44 bits per heavy atom. The molecule has 8 heteroatoms. The van der Waals surface area contributed by atoms with Gasteiger partial charge >= 0.3 is 6.03 Å². The van der Waals surface area contributed by atoms with Crippen LogP contribution >= 0.6 is 39.1 Å². The number of benzene rings is 2. The van der Waals surface area contributed by atoms with Gasteiger partial charge in [0.15, 0.2) is 0 Å². The van der Waals surface area contributed by atoms with Crippen molar-refractivity contribution in [1.82, 2.24) is 5.32 Å². The van der Waals surface area contributed by atoms with E-state index in [1.807, 2.05) is 6.07 Å². The molecule has 0 atom stereocenters. The van der Waals surface area contributed by atoms with E-state index in [-0.39, 0.29) is 21.3 Å². The number of nitrogens with one attached hydrogen (secondary N) is 1. The number of barbiturate groups is 1. The van der Waals surface area contributed by atoms with Gasteiger partial charge in [0.25, 0.3) is 11.8 Å². The molecule has 0 spiro atoms. The minimum atomic E-state index is -0.847. The van der Waals surface area contributed by atoms with Crippen LogP contribution in [0.3, 0.4) is 0 Å². The van der Waals surface area contributed by atoms with Crippen molar-refractivity contribution in [2.45, 2.75) is 0 Å². The van der Waals surface area contributed by atoms with Crippen molar-refractivity contribution < 1.29 is 14.4 Å². The van der Waals surface area contributed by atoms with Crippen molar-refractivity contribution >= 4 is 68.7 Å². The highest BCUT2D eigenvalue weighted by atomic mass is 79.9. The second-order valence-electron chi connectivity index (χ2n) is 5.11. The Hall–Kier alpha value is -2.15. The van der Waals surface area contributed by atoms with E-state index in [1.54, 1.807) is 18.2 Å². The number of hydrogen-bond acceptors (Lipinski definition) is 3. The Kier molecular flexibility index (Phi) is 4.94. The maximum Gasteiger partial charge on any atom is 0.335 e. The summed E-state index contributed by atoms with van der Waals surface area (Å²) >= 11 is 15.1. The topological polar surface area (TPSA) is 66.5 Å². The fraction of sp³-hybridized carbons (Fsp3) is 0. The zero-order valence-corrected chi connectivity index (χ0v) is 15.5. The van der Waals surface area contributed by atoms with Gasteiger partial charge in [0.2, 0.25) is 0 Å². The standard InChI is InChI=1S/C17H9BrCl2N2O3/c18-10-3-1-2-9(6-10)7-12-15(23)21-17(25)22(16(12)24)11-4-5-13(19)14(20)8-11/h1-8H,(H,21,23,25). The average Bonchev–Trinajstić information content (AvgIpc) is 2.55. The molecular weight excluding hydrogens is 431 g/mol. The van der Waals surface area contributed by atoms with Gasteiger partial charge in [-0.25, -0.2) is 9.69 Å². The lowest BCUT2D eigenvalue weighted by molar-refractivity contribution is -0.122. The number of nitrogens with zero attached hydrogens (tertiary/aromatic N) is 1. The summed E-state index contributed by atoms with van der Waals surface area (Å²) in [5, 5.41) is 2.63. The number of halogens is 3. The fourth-order valence-electron chi connectivity index (χ4n) is 2.28. The van der Waals surface area contributed by atoms with Crippen LogP contribution in [0.2, 0.25) is 10.0 Å². The second-order valence-corrected chi connectivity index (χ2v) is 6.84. The number of rotatable bonds is 2. The summed E-state index contributed by atoms with van der Waals surface area (Å²) in [5.41, 5.74) is 0.685. The van der Waals surface area contributed by atoms with E-state index in [1.165, 1.54) is 24.3 Å². The third kappa shape index (κ3) is 3.61. The summed E-state index contributed by atoms with van der Waals surface area (Å²) < 4.78 is 0.794. The SMILES string of the molecule is O=C1NC(=O)N(c2ccc(Cl)c(Cl)c2)C(=O)C1=Cc1cccc(Br)c1. The van der Waals surface area contributed by atoms with Gasteiger partial charge in [-0.15, -0.1) is 0 Å². The Morgan fingerprint density at radius 1 is 1.00 bits per heavy atom. The first kappa shape index (κ1) is 17.7. The number of anilines is 1. The van der Waals surface area contributed by atoms with Gasteiger partial charge < -0.3 is 0 Å². The van der Waals surface area contributed by atoms with Crippen molar-refractivity contribution in [3.8, 4) is 0 Å². The van der Waals surface area contributed by atoms with E-state index in [2.05, 4.69) is 21.2 Å². The van der Waals surface area contributed by atoms with Crippen LogP contribution in [0.5, 0.6) is 0 Å². The molecular formula is C17H9BrCl2N2O3. The second kappa shape index (κ2) is 7.00. The van der Waals surface area contributed by atoms with Crippen LogP contribution in [0.1, 0.15) is 5.56 Å². The molecule has 2 aromatic rings. The van der Waals surface area contributed by atoms with E-state index in [0.29, 0.717) is 5.56 Å². The fourth-order valence-corrected chi connectivity index (χ4v) is 2.99. The van der Waals surface area contributed by atoms with Gasteiger partial charge in [0.1, 0.15) is 5.57 Å². The lowest BCUT2D eigenvalue weighted by Crippen LogP contribution is -2.54. The first-order valence-corrected chi connectivity index (χ1v) is 8.54. The zero-order chi connectivity index (χ0) is 18.1. The maximum absolute atomic E-state index is 12.7. The normalized spacial score (nSPS) is 16.4. The molecule has 3 rings (SSSR count). The Bertz CT molecular complexity index is 943. The van der Waals surface area contributed by atoms with Crippen LogP contribution < -0.4 is 10.2 Å². The molecule has 2 aromatic carbocycles. The van der Waals surface area contributed by atoms with Crippen molar-refractivity contribution in [3.05, 3.63) is 68.1 Å².